The number of nitrogens with one attached hydrogen (secondary N) is 2. The standard InChI is InChI=1S/C18H24N2O2/c1-12-9-13(2)20-16(12)17(21)19-11-18(3,4)14-7-6-8-15(10-14)22-5/h6-10,20H,11H2,1-5H3,(H,19,21). The molecule has 2 aromatic rings. The fraction of sp³-hybridized carbons (Fsp3) is 0.389. The Labute approximate surface area is 131 Å². The van der Waals surface area contributed by atoms with Crippen molar-refractivity contribution in [1.82, 2.24) is 10.3 Å². The van der Waals surface area contributed by atoms with Crippen molar-refractivity contribution >= 4 is 5.91 Å². The topological polar surface area (TPSA) is 54.1 Å². The fourth-order valence-electron chi connectivity index (χ4n) is 2.50. The van der Waals surface area contributed by atoms with E-state index >= 15 is 0 Å². The van der Waals surface area contributed by atoms with Crippen LogP contribution >= 0.6 is 0 Å². The SMILES string of the molecule is COc1cccc(C(C)(C)CNC(=O)c2[nH]c(C)cc2C)c1. The summed E-state index contributed by atoms with van der Waals surface area (Å²) in [4.78, 5) is 15.4. The number of amides is 1. The number of rotatable bonds is 5. The van der Waals surface area contributed by atoms with Crippen LogP contribution in [-0.4, -0.2) is 24.5 Å². The number of aromatic amines is 1. The van der Waals surface area contributed by atoms with Crippen LogP contribution in [0, 0.1) is 13.8 Å². The van der Waals surface area contributed by atoms with E-state index in [1.165, 1.54) is 0 Å². The van der Waals surface area contributed by atoms with Gasteiger partial charge in [0, 0.05) is 17.7 Å². The van der Waals surface area contributed by atoms with Crippen LogP contribution in [0.25, 0.3) is 0 Å². The summed E-state index contributed by atoms with van der Waals surface area (Å²) in [5, 5.41) is 3.02. The molecule has 22 heavy (non-hydrogen) atoms. The third-order valence-electron chi connectivity index (χ3n) is 3.92. The first-order valence-electron chi connectivity index (χ1n) is 7.42. The Balaban J connectivity index is 2.08. The van der Waals surface area contributed by atoms with Crippen molar-refractivity contribution in [2.24, 2.45) is 0 Å². The lowest BCUT2D eigenvalue weighted by molar-refractivity contribution is 0.0940. The number of carbonyl (C=O) groups excluding carboxylic acids is 1. The molecule has 1 aromatic heterocycles. The van der Waals surface area contributed by atoms with Crippen molar-refractivity contribution in [2.45, 2.75) is 33.1 Å². The average molecular weight is 300 g/mol. The summed E-state index contributed by atoms with van der Waals surface area (Å²) in [5.41, 5.74) is 3.55. The third kappa shape index (κ3) is 3.50. The number of aryl methyl sites for hydroxylation is 2. The summed E-state index contributed by atoms with van der Waals surface area (Å²) in [5.74, 6) is 0.759. The van der Waals surface area contributed by atoms with Crippen LogP contribution in [0.2, 0.25) is 0 Å². The smallest absolute Gasteiger partial charge is 0.268 e. The first-order chi connectivity index (χ1) is 10.3. The van der Waals surface area contributed by atoms with Gasteiger partial charge in [0.1, 0.15) is 11.4 Å². The zero-order valence-electron chi connectivity index (χ0n) is 13.9. The normalized spacial score (nSPS) is 11.3. The molecule has 0 atom stereocenters. The maximum atomic E-state index is 12.3. The zero-order chi connectivity index (χ0) is 16.3. The van der Waals surface area contributed by atoms with Crippen molar-refractivity contribution < 1.29 is 9.53 Å². The van der Waals surface area contributed by atoms with Gasteiger partial charge in [0.15, 0.2) is 0 Å². The first kappa shape index (κ1) is 16.1. The molecule has 2 rings (SSSR count). The Morgan fingerprint density at radius 3 is 2.59 bits per heavy atom. The maximum Gasteiger partial charge on any atom is 0.268 e. The summed E-state index contributed by atoms with van der Waals surface area (Å²) in [6.07, 6.45) is 0. The Hall–Kier alpha value is -2.23. The molecule has 1 aromatic carbocycles. The second-order valence-corrected chi connectivity index (χ2v) is 6.31. The minimum Gasteiger partial charge on any atom is -0.497 e. The zero-order valence-corrected chi connectivity index (χ0v) is 13.9. The molecule has 0 spiro atoms. The van der Waals surface area contributed by atoms with Crippen LogP contribution in [0.15, 0.2) is 30.3 Å². The molecule has 0 aliphatic carbocycles. The predicted octanol–water partition coefficient (Wildman–Crippen LogP) is 3.35. The molecule has 0 bridgehead atoms. The third-order valence-corrected chi connectivity index (χ3v) is 3.92. The van der Waals surface area contributed by atoms with Gasteiger partial charge in [-0.2, -0.15) is 0 Å². The van der Waals surface area contributed by atoms with Gasteiger partial charge in [-0.1, -0.05) is 26.0 Å². The molecule has 2 N–H and O–H groups in total. The van der Waals surface area contributed by atoms with Gasteiger partial charge in [-0.15, -0.1) is 0 Å². The predicted molar refractivity (Wildman–Crippen MR) is 88.6 cm³/mol. The van der Waals surface area contributed by atoms with Crippen molar-refractivity contribution in [3.63, 3.8) is 0 Å². The van der Waals surface area contributed by atoms with Crippen molar-refractivity contribution in [3.8, 4) is 5.75 Å². The number of hydrogen-bond donors (Lipinski definition) is 2. The lowest BCUT2D eigenvalue weighted by atomic mass is 9.84. The lowest BCUT2D eigenvalue weighted by Crippen LogP contribution is -2.37. The van der Waals surface area contributed by atoms with Crippen molar-refractivity contribution in [1.29, 1.82) is 0 Å². The largest absolute Gasteiger partial charge is 0.497 e. The number of methoxy groups -OCH3 is 1. The molecule has 0 fully saturated rings. The highest BCUT2D eigenvalue weighted by atomic mass is 16.5. The van der Waals surface area contributed by atoms with E-state index in [9.17, 15) is 4.79 Å². The number of H-pyrrole nitrogens is 1. The first-order valence-corrected chi connectivity index (χ1v) is 7.42. The summed E-state index contributed by atoms with van der Waals surface area (Å²) in [7, 11) is 1.66. The van der Waals surface area contributed by atoms with Crippen LogP contribution in [0.1, 0.15) is 41.2 Å². The second-order valence-electron chi connectivity index (χ2n) is 6.31. The highest BCUT2D eigenvalue weighted by Crippen LogP contribution is 2.25. The molecule has 0 saturated carbocycles. The van der Waals surface area contributed by atoms with Crippen molar-refractivity contribution in [2.75, 3.05) is 13.7 Å². The Kier molecular flexibility index (Phi) is 4.59. The molecular weight excluding hydrogens is 276 g/mol. The minimum atomic E-state index is -0.181. The molecule has 4 nitrogen and oxygen atoms in total. The van der Waals surface area contributed by atoms with E-state index in [-0.39, 0.29) is 11.3 Å². The maximum absolute atomic E-state index is 12.3. The van der Waals surface area contributed by atoms with E-state index in [1.54, 1.807) is 7.11 Å². The number of carbonyl (C=O) groups is 1. The van der Waals surface area contributed by atoms with E-state index < -0.39 is 0 Å². The molecule has 1 heterocycles. The van der Waals surface area contributed by atoms with Gasteiger partial charge in [0.25, 0.3) is 5.91 Å². The van der Waals surface area contributed by atoms with Gasteiger partial charge in [-0.3, -0.25) is 4.79 Å². The number of ether oxygens (including phenoxy) is 1. The van der Waals surface area contributed by atoms with Gasteiger partial charge in [-0.05, 0) is 43.2 Å². The molecule has 118 valence electrons. The lowest BCUT2D eigenvalue weighted by Gasteiger charge is -2.26. The second kappa shape index (κ2) is 6.26. The number of aromatic nitrogens is 1. The molecule has 1 amide bonds. The van der Waals surface area contributed by atoms with Crippen LogP contribution in [0.4, 0.5) is 0 Å². The van der Waals surface area contributed by atoms with Gasteiger partial charge >= 0.3 is 0 Å². The van der Waals surface area contributed by atoms with E-state index in [4.69, 9.17) is 4.74 Å². The monoisotopic (exact) mass is 300 g/mol. The van der Waals surface area contributed by atoms with E-state index in [0.717, 1.165) is 22.6 Å². The van der Waals surface area contributed by atoms with E-state index in [2.05, 4.69) is 30.2 Å². The van der Waals surface area contributed by atoms with Crippen LogP contribution < -0.4 is 10.1 Å². The Morgan fingerprint density at radius 1 is 1.27 bits per heavy atom. The molecular formula is C18H24N2O2. The van der Waals surface area contributed by atoms with E-state index in [1.807, 2.05) is 38.1 Å². The van der Waals surface area contributed by atoms with Crippen LogP contribution in [0.3, 0.4) is 0 Å². The Bertz CT molecular complexity index is 671. The summed E-state index contributed by atoms with van der Waals surface area (Å²) in [6.45, 7) is 8.65. The van der Waals surface area contributed by atoms with E-state index in [0.29, 0.717) is 12.2 Å². The molecule has 0 aliphatic rings. The number of benzene rings is 1. The summed E-state index contributed by atoms with van der Waals surface area (Å²) in [6, 6.07) is 9.93. The Morgan fingerprint density at radius 2 is 2.00 bits per heavy atom. The highest BCUT2D eigenvalue weighted by Gasteiger charge is 2.23. The average Bonchev–Trinajstić information content (AvgIpc) is 2.83. The molecule has 4 heteroatoms. The summed E-state index contributed by atoms with van der Waals surface area (Å²) < 4.78 is 5.27. The molecule has 0 aliphatic heterocycles. The fourth-order valence-corrected chi connectivity index (χ4v) is 2.50. The van der Waals surface area contributed by atoms with Gasteiger partial charge in [0.2, 0.25) is 0 Å². The minimum absolute atomic E-state index is 0.0680. The van der Waals surface area contributed by atoms with Crippen LogP contribution in [0.5, 0.6) is 5.75 Å². The van der Waals surface area contributed by atoms with Gasteiger partial charge < -0.3 is 15.0 Å². The van der Waals surface area contributed by atoms with Gasteiger partial charge in [-0.25, -0.2) is 0 Å². The summed E-state index contributed by atoms with van der Waals surface area (Å²) >= 11 is 0. The number of hydrogen-bond acceptors (Lipinski definition) is 2. The van der Waals surface area contributed by atoms with Gasteiger partial charge in [0.05, 0.1) is 7.11 Å². The molecule has 0 unspecified atom stereocenters. The quantitative estimate of drug-likeness (QED) is 0.889. The van der Waals surface area contributed by atoms with Crippen LogP contribution in [-0.2, 0) is 5.41 Å². The molecule has 0 radical (unpaired) electrons. The molecule has 0 saturated heterocycles. The highest BCUT2D eigenvalue weighted by molar-refractivity contribution is 5.94. The van der Waals surface area contributed by atoms with Crippen molar-refractivity contribution in [3.05, 3.63) is 52.8 Å².